The molecule has 1 aromatic carbocycles. The van der Waals surface area contributed by atoms with Gasteiger partial charge in [0.05, 0.1) is 12.6 Å². The summed E-state index contributed by atoms with van der Waals surface area (Å²) < 4.78 is 11.8. The number of rotatable bonds is 5. The fourth-order valence-corrected chi connectivity index (χ4v) is 4.22. The van der Waals surface area contributed by atoms with Crippen LogP contribution < -0.4 is 10.1 Å². The maximum absolute atomic E-state index is 6.00. The molecular weight excluding hydrogens is 314 g/mol. The lowest BCUT2D eigenvalue weighted by Gasteiger charge is -2.60. The van der Waals surface area contributed by atoms with Crippen LogP contribution in [-0.4, -0.2) is 56.9 Å². The average molecular weight is 345 g/mol. The van der Waals surface area contributed by atoms with Crippen molar-refractivity contribution in [3.05, 3.63) is 30.3 Å². The third kappa shape index (κ3) is 3.76. The summed E-state index contributed by atoms with van der Waals surface area (Å²) >= 11 is 0. The molecule has 1 saturated carbocycles. The van der Waals surface area contributed by atoms with Crippen LogP contribution in [0.4, 0.5) is 0 Å². The normalized spacial score (nSPS) is 27.8. The molecule has 5 nitrogen and oxygen atoms in total. The highest BCUT2D eigenvalue weighted by Gasteiger charge is 2.58. The molecule has 138 valence electrons. The van der Waals surface area contributed by atoms with Crippen LogP contribution >= 0.6 is 0 Å². The molecule has 3 unspecified atom stereocenters. The first-order valence-corrected chi connectivity index (χ1v) is 9.28. The van der Waals surface area contributed by atoms with Crippen molar-refractivity contribution in [1.82, 2.24) is 10.2 Å². The quantitative estimate of drug-likeness (QED) is 0.658. The maximum atomic E-state index is 6.00. The molecule has 0 amide bonds. The Labute approximate surface area is 151 Å². The van der Waals surface area contributed by atoms with E-state index >= 15 is 0 Å². The lowest BCUT2D eigenvalue weighted by Crippen LogP contribution is -2.71. The zero-order valence-corrected chi connectivity index (χ0v) is 15.9. The molecule has 1 saturated heterocycles. The first-order chi connectivity index (χ1) is 12.0. The van der Waals surface area contributed by atoms with Crippen molar-refractivity contribution in [3.63, 3.8) is 0 Å². The van der Waals surface area contributed by atoms with E-state index in [9.17, 15) is 0 Å². The smallest absolute Gasteiger partial charge is 0.193 e. The Balaban J connectivity index is 1.52. The van der Waals surface area contributed by atoms with Crippen LogP contribution in [0.15, 0.2) is 35.3 Å². The predicted molar refractivity (Wildman–Crippen MR) is 101 cm³/mol. The first-order valence-electron chi connectivity index (χ1n) is 9.28. The molecule has 0 aromatic heterocycles. The topological polar surface area (TPSA) is 46.1 Å². The molecule has 1 aliphatic heterocycles. The number of ether oxygens (including phenoxy) is 2. The van der Waals surface area contributed by atoms with Gasteiger partial charge in [-0.1, -0.05) is 32.0 Å². The molecule has 1 aliphatic carbocycles. The van der Waals surface area contributed by atoms with E-state index in [1.54, 1.807) is 0 Å². The molecule has 1 aromatic rings. The van der Waals surface area contributed by atoms with Crippen LogP contribution in [0.3, 0.4) is 0 Å². The number of aliphatic imine (C=N–C) groups is 1. The first kappa shape index (κ1) is 18.1. The van der Waals surface area contributed by atoms with Crippen molar-refractivity contribution < 1.29 is 9.47 Å². The Kier molecular flexibility index (Phi) is 5.52. The molecule has 0 bridgehead atoms. The zero-order chi connectivity index (χ0) is 17.9. The van der Waals surface area contributed by atoms with Crippen molar-refractivity contribution >= 4 is 5.96 Å². The molecule has 1 N–H and O–H groups in total. The summed E-state index contributed by atoms with van der Waals surface area (Å²) in [5, 5.41) is 3.68. The summed E-state index contributed by atoms with van der Waals surface area (Å²) in [6.07, 6.45) is 2.78. The third-order valence-electron chi connectivity index (χ3n) is 5.63. The summed E-state index contributed by atoms with van der Waals surface area (Å²) in [7, 11) is 3.90. The van der Waals surface area contributed by atoms with E-state index < -0.39 is 0 Å². The molecule has 0 spiro atoms. The minimum Gasteiger partial charge on any atom is -0.492 e. The molecule has 2 fully saturated rings. The molecular formula is C20H31N3O2. The maximum Gasteiger partial charge on any atom is 0.193 e. The highest BCUT2D eigenvalue weighted by molar-refractivity contribution is 5.80. The Morgan fingerprint density at radius 2 is 2.12 bits per heavy atom. The van der Waals surface area contributed by atoms with E-state index in [1.165, 1.54) is 6.42 Å². The van der Waals surface area contributed by atoms with Crippen molar-refractivity contribution in [2.24, 2.45) is 16.3 Å². The van der Waals surface area contributed by atoms with Gasteiger partial charge in [0.25, 0.3) is 0 Å². The molecule has 1 heterocycles. The number of nitrogens with zero attached hydrogens (tertiary/aromatic N) is 2. The highest BCUT2D eigenvalue weighted by Crippen LogP contribution is 2.51. The Bertz CT molecular complexity index is 588. The van der Waals surface area contributed by atoms with Gasteiger partial charge in [0, 0.05) is 38.1 Å². The molecule has 3 atom stereocenters. The van der Waals surface area contributed by atoms with Gasteiger partial charge in [0.2, 0.25) is 0 Å². The van der Waals surface area contributed by atoms with Gasteiger partial charge >= 0.3 is 0 Å². The second-order valence-corrected chi connectivity index (χ2v) is 7.67. The van der Waals surface area contributed by atoms with Crippen LogP contribution in [0.1, 0.15) is 26.7 Å². The summed E-state index contributed by atoms with van der Waals surface area (Å²) in [5.41, 5.74) is 0.141. The van der Waals surface area contributed by atoms with Gasteiger partial charge in [-0.25, -0.2) is 0 Å². The van der Waals surface area contributed by atoms with Crippen molar-refractivity contribution in [3.8, 4) is 5.75 Å². The number of guanidine groups is 1. The SMILES string of the molecule is CN=C(NC1C2CCCOC2C1(C)C)N(C)CCOc1ccccc1. The van der Waals surface area contributed by atoms with Gasteiger partial charge in [-0.2, -0.15) is 0 Å². The fraction of sp³-hybridized carbons (Fsp3) is 0.650. The van der Waals surface area contributed by atoms with Crippen LogP contribution in [0.25, 0.3) is 0 Å². The van der Waals surface area contributed by atoms with Crippen molar-refractivity contribution in [1.29, 1.82) is 0 Å². The molecule has 25 heavy (non-hydrogen) atoms. The average Bonchev–Trinajstić information content (AvgIpc) is 2.63. The van der Waals surface area contributed by atoms with Crippen LogP contribution in [0.2, 0.25) is 0 Å². The summed E-state index contributed by atoms with van der Waals surface area (Å²) in [5.74, 6) is 2.43. The standard InChI is InChI=1S/C20H31N3O2/c1-20(2)17(16-11-8-13-25-18(16)20)22-19(21-3)23(4)12-14-24-15-9-6-5-7-10-15/h5-7,9-10,16-18H,8,11-14H2,1-4H3,(H,21,22). The third-order valence-corrected chi connectivity index (χ3v) is 5.63. The van der Waals surface area contributed by atoms with Crippen molar-refractivity contribution in [2.45, 2.75) is 38.8 Å². The Hall–Kier alpha value is -1.75. The van der Waals surface area contributed by atoms with E-state index in [-0.39, 0.29) is 5.41 Å². The molecule has 3 rings (SSSR count). The number of para-hydroxylation sites is 1. The minimum atomic E-state index is 0.141. The molecule has 2 aliphatic rings. The molecule has 0 radical (unpaired) electrons. The second-order valence-electron chi connectivity index (χ2n) is 7.67. The van der Waals surface area contributed by atoms with Gasteiger partial charge in [-0.3, -0.25) is 4.99 Å². The zero-order valence-electron chi connectivity index (χ0n) is 15.9. The van der Waals surface area contributed by atoms with Crippen molar-refractivity contribution in [2.75, 3.05) is 33.9 Å². The van der Waals surface area contributed by atoms with E-state index in [4.69, 9.17) is 9.47 Å². The van der Waals surface area contributed by atoms with Crippen LogP contribution in [-0.2, 0) is 4.74 Å². The van der Waals surface area contributed by atoms with E-state index in [2.05, 4.69) is 36.1 Å². The number of hydrogen-bond donors (Lipinski definition) is 1. The number of hydrogen-bond acceptors (Lipinski definition) is 3. The number of likely N-dealkylation sites (N-methyl/N-ethyl adjacent to an activating group) is 1. The van der Waals surface area contributed by atoms with Gasteiger partial charge in [-0.05, 0) is 25.0 Å². The summed E-state index contributed by atoms with van der Waals surface area (Å²) in [6.45, 7) is 6.91. The summed E-state index contributed by atoms with van der Waals surface area (Å²) in [4.78, 5) is 6.61. The number of nitrogens with one attached hydrogen (secondary N) is 1. The molecule has 5 heteroatoms. The van der Waals surface area contributed by atoms with Gasteiger partial charge in [-0.15, -0.1) is 0 Å². The lowest BCUT2D eigenvalue weighted by atomic mass is 9.55. The monoisotopic (exact) mass is 345 g/mol. The van der Waals surface area contributed by atoms with E-state index in [1.807, 2.05) is 37.4 Å². The largest absolute Gasteiger partial charge is 0.492 e. The van der Waals surface area contributed by atoms with E-state index in [0.717, 1.165) is 31.3 Å². The van der Waals surface area contributed by atoms with Crippen LogP contribution in [0.5, 0.6) is 5.75 Å². The number of benzene rings is 1. The summed E-state index contributed by atoms with van der Waals surface area (Å²) in [6, 6.07) is 10.3. The minimum absolute atomic E-state index is 0.141. The van der Waals surface area contributed by atoms with Gasteiger partial charge in [0.15, 0.2) is 5.96 Å². The Morgan fingerprint density at radius 3 is 2.84 bits per heavy atom. The second kappa shape index (κ2) is 7.65. The number of fused-ring (bicyclic) bond motifs is 1. The fourth-order valence-electron chi connectivity index (χ4n) is 4.22. The van der Waals surface area contributed by atoms with Crippen LogP contribution in [0, 0.1) is 11.3 Å². The van der Waals surface area contributed by atoms with Gasteiger partial charge in [0.1, 0.15) is 12.4 Å². The lowest BCUT2D eigenvalue weighted by molar-refractivity contribution is -0.188. The van der Waals surface area contributed by atoms with Gasteiger partial charge < -0.3 is 19.7 Å². The Morgan fingerprint density at radius 1 is 1.36 bits per heavy atom. The highest BCUT2D eigenvalue weighted by atomic mass is 16.5. The predicted octanol–water partition coefficient (Wildman–Crippen LogP) is 2.78. The van der Waals surface area contributed by atoms with E-state index in [0.29, 0.717) is 24.7 Å².